The van der Waals surface area contributed by atoms with E-state index in [1.807, 2.05) is 0 Å². The molecule has 0 aliphatic heterocycles. The smallest absolute Gasteiger partial charge is 0.119 e. The number of hydrogen-bond acceptors (Lipinski definition) is 2. The molecule has 0 atom stereocenters. The Balaban J connectivity index is 1.65. The second kappa shape index (κ2) is 8.60. The van der Waals surface area contributed by atoms with Gasteiger partial charge in [-0.15, -0.1) is 0 Å². The minimum atomic E-state index is 0.819. The van der Waals surface area contributed by atoms with E-state index in [1.165, 1.54) is 30.0 Å². The van der Waals surface area contributed by atoms with Crippen molar-refractivity contribution < 1.29 is 4.74 Å². The molecule has 0 aliphatic carbocycles. The maximum Gasteiger partial charge on any atom is 0.119 e. The largest absolute Gasteiger partial charge is 0.494 e. The van der Waals surface area contributed by atoms with Gasteiger partial charge in [0.2, 0.25) is 0 Å². The van der Waals surface area contributed by atoms with Crippen molar-refractivity contribution in [3.63, 3.8) is 0 Å². The highest BCUT2D eigenvalue weighted by atomic mass is 16.5. The van der Waals surface area contributed by atoms with Crippen LogP contribution in [-0.4, -0.2) is 19.7 Å². The van der Waals surface area contributed by atoms with Crippen molar-refractivity contribution in [1.82, 2.24) is 5.32 Å². The molecule has 2 aromatic rings. The molecule has 0 unspecified atom stereocenters. The number of rotatable bonds is 9. The lowest BCUT2D eigenvalue weighted by Gasteiger charge is -2.07. The molecule has 0 saturated carbocycles. The van der Waals surface area contributed by atoms with Crippen LogP contribution in [0.2, 0.25) is 0 Å². The van der Waals surface area contributed by atoms with Crippen LogP contribution in [0.15, 0.2) is 42.5 Å². The summed E-state index contributed by atoms with van der Waals surface area (Å²) in [6, 6.07) is 14.7. The molecule has 0 aromatic heterocycles. The maximum atomic E-state index is 5.83. The Labute approximate surface area is 122 Å². The van der Waals surface area contributed by atoms with Crippen LogP contribution in [0.5, 0.6) is 5.75 Å². The first-order chi connectivity index (χ1) is 9.90. The van der Waals surface area contributed by atoms with Crippen LogP contribution in [0, 0.1) is 0 Å². The summed E-state index contributed by atoms with van der Waals surface area (Å²) in [5.41, 5.74) is 0. The van der Waals surface area contributed by atoms with Gasteiger partial charge in [-0.2, -0.15) is 0 Å². The van der Waals surface area contributed by atoms with Gasteiger partial charge in [0, 0.05) is 0 Å². The normalized spacial score (nSPS) is 10.8. The van der Waals surface area contributed by atoms with E-state index in [9.17, 15) is 0 Å². The number of unbranched alkanes of at least 4 members (excludes halogenated alkanes) is 3. The summed E-state index contributed by atoms with van der Waals surface area (Å²) in [5, 5.41) is 5.86. The van der Waals surface area contributed by atoms with Crippen LogP contribution < -0.4 is 10.1 Å². The molecule has 2 aromatic carbocycles. The topological polar surface area (TPSA) is 21.3 Å². The van der Waals surface area contributed by atoms with Crippen molar-refractivity contribution in [2.45, 2.75) is 32.6 Å². The molecule has 20 heavy (non-hydrogen) atoms. The second-order valence-electron chi connectivity index (χ2n) is 5.13. The molecule has 2 nitrogen and oxygen atoms in total. The second-order valence-corrected chi connectivity index (χ2v) is 5.13. The summed E-state index contributed by atoms with van der Waals surface area (Å²) in [7, 11) is 0. The van der Waals surface area contributed by atoms with Crippen LogP contribution in [0.4, 0.5) is 0 Å². The third kappa shape index (κ3) is 4.86. The summed E-state index contributed by atoms with van der Waals surface area (Å²) in [4.78, 5) is 0. The first kappa shape index (κ1) is 14.9. The van der Waals surface area contributed by atoms with Gasteiger partial charge in [0.05, 0.1) is 6.61 Å². The quantitative estimate of drug-likeness (QED) is 0.683. The van der Waals surface area contributed by atoms with Crippen LogP contribution >= 0.6 is 0 Å². The van der Waals surface area contributed by atoms with E-state index in [-0.39, 0.29) is 0 Å². The SMILES string of the molecule is CCNCCCCCCOc1ccc2ccccc2c1. The highest BCUT2D eigenvalue weighted by Gasteiger charge is 1.97. The summed E-state index contributed by atoms with van der Waals surface area (Å²) in [6.45, 7) is 5.18. The fourth-order valence-corrected chi connectivity index (χ4v) is 2.33. The molecule has 0 heterocycles. The lowest BCUT2D eigenvalue weighted by molar-refractivity contribution is 0.305. The molecule has 0 amide bonds. The van der Waals surface area contributed by atoms with Crippen molar-refractivity contribution in [1.29, 1.82) is 0 Å². The maximum absolute atomic E-state index is 5.83. The Bertz CT molecular complexity index is 509. The summed E-state index contributed by atoms with van der Waals surface area (Å²) >= 11 is 0. The fourth-order valence-electron chi connectivity index (χ4n) is 2.33. The lowest BCUT2D eigenvalue weighted by Crippen LogP contribution is -2.13. The highest BCUT2D eigenvalue weighted by molar-refractivity contribution is 5.83. The van der Waals surface area contributed by atoms with E-state index in [1.54, 1.807) is 0 Å². The van der Waals surface area contributed by atoms with E-state index >= 15 is 0 Å². The van der Waals surface area contributed by atoms with E-state index in [4.69, 9.17) is 4.74 Å². The Morgan fingerprint density at radius 1 is 0.900 bits per heavy atom. The average molecular weight is 271 g/mol. The predicted octanol–water partition coefficient (Wildman–Crippen LogP) is 4.39. The van der Waals surface area contributed by atoms with Gasteiger partial charge >= 0.3 is 0 Å². The molecular weight excluding hydrogens is 246 g/mol. The van der Waals surface area contributed by atoms with E-state index in [0.717, 1.165) is 31.9 Å². The number of hydrogen-bond donors (Lipinski definition) is 1. The van der Waals surface area contributed by atoms with Gasteiger partial charge in [-0.3, -0.25) is 0 Å². The standard InChI is InChI=1S/C18H25NO/c1-2-19-13-7-3-4-8-14-20-18-12-11-16-9-5-6-10-17(16)15-18/h5-6,9-12,15,19H,2-4,7-8,13-14H2,1H3. The molecule has 0 fully saturated rings. The highest BCUT2D eigenvalue weighted by Crippen LogP contribution is 2.20. The fraction of sp³-hybridized carbons (Fsp3) is 0.444. The molecule has 108 valence electrons. The minimum absolute atomic E-state index is 0.819. The molecule has 0 bridgehead atoms. The summed E-state index contributed by atoms with van der Waals surface area (Å²) < 4.78 is 5.83. The Hall–Kier alpha value is -1.54. The third-order valence-electron chi connectivity index (χ3n) is 3.49. The predicted molar refractivity (Wildman–Crippen MR) is 86.5 cm³/mol. The third-order valence-corrected chi connectivity index (χ3v) is 3.49. The number of benzene rings is 2. The van der Waals surface area contributed by atoms with Gasteiger partial charge in [-0.1, -0.05) is 50.1 Å². The minimum Gasteiger partial charge on any atom is -0.494 e. The zero-order valence-corrected chi connectivity index (χ0v) is 12.4. The van der Waals surface area contributed by atoms with Crippen LogP contribution in [0.25, 0.3) is 10.8 Å². The molecule has 0 spiro atoms. The van der Waals surface area contributed by atoms with Crippen molar-refractivity contribution in [2.75, 3.05) is 19.7 Å². The zero-order chi connectivity index (χ0) is 14.0. The lowest BCUT2D eigenvalue weighted by atomic mass is 10.1. The summed E-state index contributed by atoms with van der Waals surface area (Å²) in [5.74, 6) is 0.983. The molecule has 2 heteroatoms. The van der Waals surface area contributed by atoms with Gasteiger partial charge in [0.15, 0.2) is 0 Å². The number of nitrogens with one attached hydrogen (secondary N) is 1. The molecule has 0 saturated heterocycles. The molecule has 2 rings (SSSR count). The van der Waals surface area contributed by atoms with Crippen molar-refractivity contribution in [3.8, 4) is 5.75 Å². The van der Waals surface area contributed by atoms with Crippen molar-refractivity contribution in [2.24, 2.45) is 0 Å². The first-order valence-electron chi connectivity index (χ1n) is 7.72. The molecule has 0 radical (unpaired) electrons. The molecule has 1 N–H and O–H groups in total. The van der Waals surface area contributed by atoms with Crippen LogP contribution in [0.3, 0.4) is 0 Å². The Morgan fingerprint density at radius 3 is 2.55 bits per heavy atom. The Morgan fingerprint density at radius 2 is 1.70 bits per heavy atom. The van der Waals surface area contributed by atoms with Crippen molar-refractivity contribution in [3.05, 3.63) is 42.5 Å². The monoisotopic (exact) mass is 271 g/mol. The summed E-state index contributed by atoms with van der Waals surface area (Å²) in [6.07, 6.45) is 4.94. The number of fused-ring (bicyclic) bond motifs is 1. The molecular formula is C18H25NO. The van der Waals surface area contributed by atoms with Gasteiger partial charge in [-0.25, -0.2) is 0 Å². The van der Waals surface area contributed by atoms with Crippen LogP contribution in [0.1, 0.15) is 32.6 Å². The van der Waals surface area contributed by atoms with Gasteiger partial charge in [0.1, 0.15) is 5.75 Å². The van der Waals surface area contributed by atoms with Crippen molar-refractivity contribution >= 4 is 10.8 Å². The van der Waals surface area contributed by atoms with E-state index < -0.39 is 0 Å². The Kier molecular flexibility index (Phi) is 6.39. The van der Waals surface area contributed by atoms with Gasteiger partial charge in [0.25, 0.3) is 0 Å². The van der Waals surface area contributed by atoms with E-state index in [0.29, 0.717) is 0 Å². The van der Waals surface area contributed by atoms with Gasteiger partial charge < -0.3 is 10.1 Å². The van der Waals surface area contributed by atoms with Crippen LogP contribution in [-0.2, 0) is 0 Å². The van der Waals surface area contributed by atoms with E-state index in [2.05, 4.69) is 54.7 Å². The zero-order valence-electron chi connectivity index (χ0n) is 12.4. The van der Waals surface area contributed by atoms with Gasteiger partial charge in [-0.05, 0) is 48.8 Å². The number of ether oxygens (including phenoxy) is 1. The molecule has 0 aliphatic rings. The first-order valence-corrected chi connectivity index (χ1v) is 7.72. The average Bonchev–Trinajstić information content (AvgIpc) is 2.50.